The van der Waals surface area contributed by atoms with Gasteiger partial charge < -0.3 is 20.5 Å². The largest absolute Gasteiger partial charge is 0.454 e. The second kappa shape index (κ2) is 4.40. The SMILES string of the molecule is C[C@@H](N)C(=O)NCc1cccc2c1OCO2. The van der Waals surface area contributed by atoms with Crippen molar-refractivity contribution in [3.63, 3.8) is 0 Å². The topological polar surface area (TPSA) is 73.6 Å². The van der Waals surface area contributed by atoms with Crippen molar-refractivity contribution in [2.24, 2.45) is 5.73 Å². The highest BCUT2D eigenvalue weighted by molar-refractivity contribution is 5.81. The van der Waals surface area contributed by atoms with Crippen LogP contribution in [-0.2, 0) is 11.3 Å². The number of amides is 1. The molecule has 0 saturated heterocycles. The summed E-state index contributed by atoms with van der Waals surface area (Å²) < 4.78 is 10.6. The molecular formula is C11H14N2O3. The van der Waals surface area contributed by atoms with E-state index in [0.29, 0.717) is 18.0 Å². The highest BCUT2D eigenvalue weighted by atomic mass is 16.7. The number of hydrogen-bond acceptors (Lipinski definition) is 4. The maximum absolute atomic E-state index is 11.3. The highest BCUT2D eigenvalue weighted by Gasteiger charge is 2.17. The van der Waals surface area contributed by atoms with Gasteiger partial charge in [-0.15, -0.1) is 0 Å². The van der Waals surface area contributed by atoms with Gasteiger partial charge in [0.05, 0.1) is 6.04 Å². The number of hydrogen-bond donors (Lipinski definition) is 2. The summed E-state index contributed by atoms with van der Waals surface area (Å²) in [6.07, 6.45) is 0. The standard InChI is InChI=1S/C11H14N2O3/c1-7(12)11(14)13-5-8-3-2-4-9-10(8)16-6-15-9/h2-4,7H,5-6,12H2,1H3,(H,13,14)/t7-/m1/s1. The van der Waals surface area contributed by atoms with Gasteiger partial charge >= 0.3 is 0 Å². The van der Waals surface area contributed by atoms with Gasteiger partial charge in [-0.1, -0.05) is 12.1 Å². The minimum absolute atomic E-state index is 0.184. The minimum atomic E-state index is -0.506. The number of rotatable bonds is 3. The van der Waals surface area contributed by atoms with Gasteiger partial charge in [0.2, 0.25) is 12.7 Å². The third-order valence-electron chi connectivity index (χ3n) is 2.34. The average Bonchev–Trinajstić information content (AvgIpc) is 2.73. The molecule has 1 aromatic carbocycles. The predicted molar refractivity (Wildman–Crippen MR) is 58.1 cm³/mol. The van der Waals surface area contributed by atoms with E-state index in [1.807, 2.05) is 18.2 Å². The van der Waals surface area contributed by atoms with Gasteiger partial charge in [-0.25, -0.2) is 0 Å². The lowest BCUT2D eigenvalue weighted by molar-refractivity contribution is -0.122. The average molecular weight is 222 g/mol. The summed E-state index contributed by atoms with van der Waals surface area (Å²) in [6, 6.07) is 5.07. The Morgan fingerprint density at radius 1 is 1.56 bits per heavy atom. The van der Waals surface area contributed by atoms with E-state index in [1.165, 1.54) is 0 Å². The molecule has 0 saturated carbocycles. The number of nitrogens with two attached hydrogens (primary N) is 1. The Kier molecular flexibility index (Phi) is 2.96. The molecule has 1 amide bonds. The summed E-state index contributed by atoms with van der Waals surface area (Å²) in [4.78, 5) is 11.3. The Morgan fingerprint density at radius 3 is 3.12 bits per heavy atom. The number of fused-ring (bicyclic) bond motifs is 1. The third-order valence-corrected chi connectivity index (χ3v) is 2.34. The Bertz CT molecular complexity index is 404. The van der Waals surface area contributed by atoms with Crippen LogP contribution in [0, 0.1) is 0 Å². The zero-order chi connectivity index (χ0) is 11.5. The zero-order valence-corrected chi connectivity index (χ0v) is 9.03. The van der Waals surface area contributed by atoms with Gasteiger partial charge in [-0.3, -0.25) is 4.79 Å². The molecule has 0 aliphatic carbocycles. The van der Waals surface area contributed by atoms with Crippen LogP contribution >= 0.6 is 0 Å². The van der Waals surface area contributed by atoms with Crippen LogP contribution in [0.1, 0.15) is 12.5 Å². The first-order chi connectivity index (χ1) is 7.68. The molecule has 0 aromatic heterocycles. The molecule has 1 heterocycles. The predicted octanol–water partition coefficient (Wildman–Crippen LogP) is 0.379. The minimum Gasteiger partial charge on any atom is -0.454 e. The first-order valence-corrected chi connectivity index (χ1v) is 5.09. The van der Waals surface area contributed by atoms with E-state index in [-0.39, 0.29) is 12.7 Å². The van der Waals surface area contributed by atoms with Gasteiger partial charge in [0, 0.05) is 12.1 Å². The van der Waals surface area contributed by atoms with Crippen molar-refractivity contribution in [2.45, 2.75) is 19.5 Å². The van der Waals surface area contributed by atoms with E-state index in [9.17, 15) is 4.79 Å². The second-order valence-corrected chi connectivity index (χ2v) is 3.66. The van der Waals surface area contributed by atoms with Crippen molar-refractivity contribution in [2.75, 3.05) is 6.79 Å². The number of carbonyl (C=O) groups is 1. The van der Waals surface area contributed by atoms with Crippen molar-refractivity contribution < 1.29 is 14.3 Å². The molecule has 5 nitrogen and oxygen atoms in total. The lowest BCUT2D eigenvalue weighted by Gasteiger charge is -2.09. The summed E-state index contributed by atoms with van der Waals surface area (Å²) >= 11 is 0. The lowest BCUT2D eigenvalue weighted by atomic mass is 10.2. The summed E-state index contributed by atoms with van der Waals surface area (Å²) in [5, 5.41) is 2.73. The lowest BCUT2D eigenvalue weighted by Crippen LogP contribution is -2.37. The highest BCUT2D eigenvalue weighted by Crippen LogP contribution is 2.35. The molecule has 0 unspecified atom stereocenters. The second-order valence-electron chi connectivity index (χ2n) is 3.66. The van der Waals surface area contributed by atoms with Gasteiger partial charge in [0.15, 0.2) is 11.5 Å². The molecule has 0 radical (unpaired) electrons. The van der Waals surface area contributed by atoms with E-state index in [2.05, 4.69) is 5.32 Å². The Morgan fingerprint density at radius 2 is 2.38 bits per heavy atom. The summed E-state index contributed by atoms with van der Waals surface area (Å²) in [6.45, 7) is 2.27. The van der Waals surface area contributed by atoms with Crippen LogP contribution in [0.4, 0.5) is 0 Å². The maximum Gasteiger partial charge on any atom is 0.236 e. The van der Waals surface area contributed by atoms with Gasteiger partial charge in [0.1, 0.15) is 0 Å². The molecule has 0 bridgehead atoms. The van der Waals surface area contributed by atoms with Crippen molar-refractivity contribution in [3.05, 3.63) is 23.8 Å². The van der Waals surface area contributed by atoms with Gasteiger partial charge in [-0.2, -0.15) is 0 Å². The zero-order valence-electron chi connectivity index (χ0n) is 9.03. The molecule has 5 heteroatoms. The molecule has 0 fully saturated rings. The number of ether oxygens (including phenoxy) is 2. The Hall–Kier alpha value is -1.75. The van der Waals surface area contributed by atoms with Crippen LogP contribution in [0.25, 0.3) is 0 Å². The monoisotopic (exact) mass is 222 g/mol. The first kappa shape index (κ1) is 10.8. The molecular weight excluding hydrogens is 208 g/mol. The number of nitrogens with one attached hydrogen (secondary N) is 1. The Labute approximate surface area is 93.5 Å². The maximum atomic E-state index is 11.3. The molecule has 2 rings (SSSR count). The third kappa shape index (κ3) is 2.09. The van der Waals surface area contributed by atoms with E-state index in [0.717, 1.165) is 5.56 Å². The fraction of sp³-hybridized carbons (Fsp3) is 0.364. The summed E-state index contributed by atoms with van der Waals surface area (Å²) in [5.41, 5.74) is 6.34. The molecule has 1 aromatic rings. The number of carbonyl (C=O) groups excluding carboxylic acids is 1. The quantitative estimate of drug-likeness (QED) is 0.775. The van der Waals surface area contributed by atoms with Crippen LogP contribution in [0.15, 0.2) is 18.2 Å². The van der Waals surface area contributed by atoms with Crippen LogP contribution in [-0.4, -0.2) is 18.7 Å². The van der Waals surface area contributed by atoms with E-state index in [1.54, 1.807) is 6.92 Å². The van der Waals surface area contributed by atoms with E-state index in [4.69, 9.17) is 15.2 Å². The molecule has 1 aliphatic heterocycles. The van der Waals surface area contributed by atoms with Crippen LogP contribution in [0.3, 0.4) is 0 Å². The molecule has 1 aliphatic rings. The summed E-state index contributed by atoms with van der Waals surface area (Å²) in [7, 11) is 0. The van der Waals surface area contributed by atoms with Crippen molar-refractivity contribution in [3.8, 4) is 11.5 Å². The van der Waals surface area contributed by atoms with E-state index >= 15 is 0 Å². The molecule has 86 valence electrons. The normalized spacial score (nSPS) is 14.6. The van der Waals surface area contributed by atoms with Crippen LogP contribution in [0.2, 0.25) is 0 Å². The smallest absolute Gasteiger partial charge is 0.236 e. The molecule has 3 N–H and O–H groups in total. The molecule has 16 heavy (non-hydrogen) atoms. The first-order valence-electron chi connectivity index (χ1n) is 5.09. The van der Waals surface area contributed by atoms with Crippen molar-refractivity contribution in [1.29, 1.82) is 0 Å². The van der Waals surface area contributed by atoms with Crippen molar-refractivity contribution in [1.82, 2.24) is 5.32 Å². The fourth-order valence-corrected chi connectivity index (χ4v) is 1.47. The molecule has 0 spiro atoms. The molecule has 1 atom stereocenters. The summed E-state index contributed by atoms with van der Waals surface area (Å²) in [5.74, 6) is 1.23. The van der Waals surface area contributed by atoms with Crippen LogP contribution in [0.5, 0.6) is 11.5 Å². The van der Waals surface area contributed by atoms with Crippen LogP contribution < -0.4 is 20.5 Å². The number of para-hydroxylation sites is 1. The van der Waals surface area contributed by atoms with Gasteiger partial charge in [-0.05, 0) is 13.0 Å². The Balaban J connectivity index is 2.05. The van der Waals surface area contributed by atoms with E-state index < -0.39 is 6.04 Å². The number of benzene rings is 1. The van der Waals surface area contributed by atoms with Crippen molar-refractivity contribution >= 4 is 5.91 Å². The fourth-order valence-electron chi connectivity index (χ4n) is 1.47. The van der Waals surface area contributed by atoms with Gasteiger partial charge in [0.25, 0.3) is 0 Å².